The van der Waals surface area contributed by atoms with Gasteiger partial charge in [0.25, 0.3) is 0 Å². The summed E-state index contributed by atoms with van der Waals surface area (Å²) in [6.07, 6.45) is 5.88. The van der Waals surface area contributed by atoms with Gasteiger partial charge in [-0.25, -0.2) is 0 Å². The highest BCUT2D eigenvalue weighted by Crippen LogP contribution is 2.57. The Kier molecular flexibility index (Phi) is 2.92. The number of allylic oxidation sites excluding steroid dienone is 1. The molecular weight excluding hydrogens is 254 g/mol. The van der Waals surface area contributed by atoms with Gasteiger partial charge in [-0.15, -0.1) is 0 Å². The number of aromatic amines is 1. The molecule has 0 fully saturated rings. The van der Waals surface area contributed by atoms with Gasteiger partial charge in [0.15, 0.2) is 0 Å². The van der Waals surface area contributed by atoms with Crippen molar-refractivity contribution in [3.8, 4) is 0 Å². The molecule has 112 valence electrons. The van der Waals surface area contributed by atoms with Crippen molar-refractivity contribution in [3.63, 3.8) is 0 Å². The number of hydrogen-bond donors (Lipinski definition) is 1. The second kappa shape index (κ2) is 4.25. The molecule has 0 unspecified atom stereocenters. The summed E-state index contributed by atoms with van der Waals surface area (Å²) in [6, 6.07) is 8.68. The molecule has 0 aliphatic heterocycles. The SMILES string of the molecule is CC(C)(C)C1(C(C)(C)C)C=Cc2[nH]c3ccccc3c2C1. The Morgan fingerprint density at radius 3 is 2.19 bits per heavy atom. The Balaban J connectivity index is 2.22. The molecule has 3 rings (SSSR count). The number of rotatable bonds is 0. The van der Waals surface area contributed by atoms with E-state index in [1.807, 2.05) is 0 Å². The molecular formula is C20H27N. The summed E-state index contributed by atoms with van der Waals surface area (Å²) >= 11 is 0. The van der Waals surface area contributed by atoms with Crippen molar-refractivity contribution in [2.24, 2.45) is 16.2 Å². The van der Waals surface area contributed by atoms with E-state index in [0.29, 0.717) is 0 Å². The third-order valence-electron chi connectivity index (χ3n) is 5.51. The van der Waals surface area contributed by atoms with Crippen molar-refractivity contribution in [2.45, 2.75) is 48.0 Å². The van der Waals surface area contributed by atoms with Crippen LogP contribution in [-0.2, 0) is 6.42 Å². The normalized spacial score (nSPS) is 18.0. The molecule has 0 spiro atoms. The quantitative estimate of drug-likeness (QED) is 0.626. The smallest absolute Gasteiger partial charge is 0.0461 e. The molecule has 1 N–H and O–H groups in total. The van der Waals surface area contributed by atoms with Crippen molar-refractivity contribution in [1.29, 1.82) is 0 Å². The minimum absolute atomic E-state index is 0.165. The van der Waals surface area contributed by atoms with E-state index >= 15 is 0 Å². The highest BCUT2D eigenvalue weighted by atomic mass is 14.7. The molecule has 1 aliphatic carbocycles. The Bertz CT molecular complexity index is 687. The molecule has 1 nitrogen and oxygen atoms in total. The summed E-state index contributed by atoms with van der Waals surface area (Å²) in [4.78, 5) is 3.57. The molecule has 1 aromatic heterocycles. The van der Waals surface area contributed by atoms with Crippen molar-refractivity contribution < 1.29 is 0 Å². The van der Waals surface area contributed by atoms with Crippen molar-refractivity contribution >= 4 is 17.0 Å². The minimum Gasteiger partial charge on any atom is -0.355 e. The van der Waals surface area contributed by atoms with Crippen LogP contribution in [0.3, 0.4) is 0 Å². The largest absolute Gasteiger partial charge is 0.355 e. The van der Waals surface area contributed by atoms with Crippen LogP contribution < -0.4 is 0 Å². The first-order chi connectivity index (χ1) is 9.66. The van der Waals surface area contributed by atoms with Crippen molar-refractivity contribution in [3.05, 3.63) is 41.6 Å². The predicted molar refractivity (Wildman–Crippen MR) is 92.4 cm³/mol. The topological polar surface area (TPSA) is 15.8 Å². The zero-order valence-corrected chi connectivity index (χ0v) is 14.2. The summed E-state index contributed by atoms with van der Waals surface area (Å²) in [5.41, 5.74) is 4.64. The van der Waals surface area contributed by atoms with Gasteiger partial charge in [-0.05, 0) is 35.0 Å². The van der Waals surface area contributed by atoms with Gasteiger partial charge in [-0.1, -0.05) is 65.8 Å². The Hall–Kier alpha value is -1.50. The lowest BCUT2D eigenvalue weighted by atomic mass is 9.51. The third kappa shape index (κ3) is 1.97. The van der Waals surface area contributed by atoms with Gasteiger partial charge in [0.2, 0.25) is 0 Å². The lowest BCUT2D eigenvalue weighted by Crippen LogP contribution is -2.47. The van der Waals surface area contributed by atoms with E-state index < -0.39 is 0 Å². The Morgan fingerprint density at radius 1 is 0.952 bits per heavy atom. The summed E-state index contributed by atoms with van der Waals surface area (Å²) in [7, 11) is 0. The van der Waals surface area contributed by atoms with Crippen LogP contribution in [0, 0.1) is 16.2 Å². The van der Waals surface area contributed by atoms with Crippen LogP contribution in [0.5, 0.6) is 0 Å². The molecule has 2 aromatic rings. The second-order valence-corrected chi connectivity index (χ2v) is 8.54. The van der Waals surface area contributed by atoms with Crippen LogP contribution in [0.15, 0.2) is 30.3 Å². The van der Waals surface area contributed by atoms with E-state index in [9.17, 15) is 0 Å². The molecule has 0 amide bonds. The fourth-order valence-corrected chi connectivity index (χ4v) is 4.27. The van der Waals surface area contributed by atoms with E-state index in [2.05, 4.69) is 82.9 Å². The molecule has 0 radical (unpaired) electrons. The number of aromatic nitrogens is 1. The molecule has 1 aliphatic rings. The summed E-state index contributed by atoms with van der Waals surface area (Å²) in [6.45, 7) is 14.3. The number of nitrogens with one attached hydrogen (secondary N) is 1. The summed E-state index contributed by atoms with van der Waals surface area (Å²) < 4.78 is 0. The monoisotopic (exact) mass is 281 g/mol. The third-order valence-corrected chi connectivity index (χ3v) is 5.51. The molecule has 1 heteroatoms. The van der Waals surface area contributed by atoms with Gasteiger partial charge >= 0.3 is 0 Å². The highest BCUT2D eigenvalue weighted by molar-refractivity contribution is 5.88. The van der Waals surface area contributed by atoms with Crippen LogP contribution >= 0.6 is 0 Å². The fourth-order valence-electron chi connectivity index (χ4n) is 4.27. The molecule has 21 heavy (non-hydrogen) atoms. The highest BCUT2D eigenvalue weighted by Gasteiger charge is 2.50. The molecule has 0 atom stereocenters. The molecule has 0 bridgehead atoms. The van der Waals surface area contributed by atoms with Gasteiger partial charge in [0.1, 0.15) is 0 Å². The zero-order chi connectivity index (χ0) is 15.5. The Morgan fingerprint density at radius 2 is 1.57 bits per heavy atom. The van der Waals surface area contributed by atoms with E-state index in [4.69, 9.17) is 0 Å². The number of H-pyrrole nitrogens is 1. The number of para-hydroxylation sites is 1. The van der Waals surface area contributed by atoms with Crippen molar-refractivity contribution in [1.82, 2.24) is 4.98 Å². The van der Waals surface area contributed by atoms with E-state index in [-0.39, 0.29) is 16.2 Å². The average Bonchev–Trinajstić information content (AvgIpc) is 2.73. The lowest BCUT2D eigenvalue weighted by Gasteiger charge is -2.53. The van der Waals surface area contributed by atoms with Gasteiger partial charge in [0.05, 0.1) is 0 Å². The predicted octanol–water partition coefficient (Wildman–Crippen LogP) is 5.82. The first-order valence-corrected chi connectivity index (χ1v) is 7.95. The van der Waals surface area contributed by atoms with E-state index in [1.54, 1.807) is 0 Å². The van der Waals surface area contributed by atoms with E-state index in [0.717, 1.165) is 6.42 Å². The first-order valence-electron chi connectivity index (χ1n) is 7.95. The average molecular weight is 281 g/mol. The van der Waals surface area contributed by atoms with Crippen molar-refractivity contribution in [2.75, 3.05) is 0 Å². The molecule has 0 saturated carbocycles. The van der Waals surface area contributed by atoms with Gasteiger partial charge < -0.3 is 4.98 Å². The van der Waals surface area contributed by atoms with Crippen LogP contribution in [0.1, 0.15) is 52.8 Å². The summed E-state index contributed by atoms with van der Waals surface area (Å²) in [5, 5.41) is 1.38. The van der Waals surface area contributed by atoms with E-state index in [1.165, 1.54) is 22.2 Å². The van der Waals surface area contributed by atoms with Gasteiger partial charge in [-0.3, -0.25) is 0 Å². The van der Waals surface area contributed by atoms with Crippen LogP contribution in [0.2, 0.25) is 0 Å². The van der Waals surface area contributed by atoms with Gasteiger partial charge in [-0.2, -0.15) is 0 Å². The lowest BCUT2D eigenvalue weighted by molar-refractivity contribution is 0.0174. The molecule has 1 aromatic carbocycles. The zero-order valence-electron chi connectivity index (χ0n) is 14.2. The van der Waals surface area contributed by atoms with Crippen LogP contribution in [0.4, 0.5) is 0 Å². The maximum Gasteiger partial charge on any atom is 0.0461 e. The first kappa shape index (κ1) is 14.4. The minimum atomic E-state index is 0.165. The van der Waals surface area contributed by atoms with Gasteiger partial charge in [0, 0.05) is 22.0 Å². The fraction of sp³-hybridized carbons (Fsp3) is 0.500. The molecule has 1 heterocycles. The second-order valence-electron chi connectivity index (χ2n) is 8.54. The number of fused-ring (bicyclic) bond motifs is 3. The maximum atomic E-state index is 3.57. The summed E-state index contributed by atoms with van der Waals surface area (Å²) in [5.74, 6) is 0. The van der Waals surface area contributed by atoms with Crippen LogP contribution in [-0.4, -0.2) is 4.98 Å². The number of hydrogen-bond acceptors (Lipinski definition) is 0. The van der Waals surface area contributed by atoms with Crippen LogP contribution in [0.25, 0.3) is 17.0 Å². The maximum absolute atomic E-state index is 3.57. The number of benzene rings is 1. The molecule has 0 saturated heterocycles. The standard InChI is InChI=1S/C20H27N/c1-18(2,3)20(19(4,5)6)12-11-17-15(13-20)14-9-7-8-10-16(14)21-17/h7-12,21H,13H2,1-6H3. The Labute approximate surface area is 128 Å².